The first-order chi connectivity index (χ1) is 9.79. The summed E-state index contributed by atoms with van der Waals surface area (Å²) in [4.78, 5) is 20.3. The Balaban J connectivity index is 1.84. The van der Waals surface area contributed by atoms with Gasteiger partial charge in [0.15, 0.2) is 0 Å². The Kier molecular flexibility index (Phi) is 3.90. The average molecular weight is 273 g/mol. The number of carbonyl (C=O) groups is 1. The first-order valence-electron chi connectivity index (χ1n) is 7.73. The number of anilines is 1. The van der Waals surface area contributed by atoms with E-state index in [1.807, 2.05) is 4.90 Å². The van der Waals surface area contributed by atoms with Gasteiger partial charge in [-0.15, -0.1) is 0 Å². The summed E-state index contributed by atoms with van der Waals surface area (Å²) in [7, 11) is 0. The smallest absolute Gasteiger partial charge is 0.210 e. The summed E-state index contributed by atoms with van der Waals surface area (Å²) in [5.41, 5.74) is 2.30. The molecule has 2 aliphatic heterocycles. The lowest BCUT2D eigenvalue weighted by molar-refractivity contribution is -0.121. The highest BCUT2D eigenvalue weighted by molar-refractivity contribution is 5.50. The molecular weight excluding hydrogens is 250 g/mol. The molecule has 108 valence electrons. The van der Waals surface area contributed by atoms with Crippen molar-refractivity contribution in [2.24, 2.45) is 0 Å². The van der Waals surface area contributed by atoms with E-state index in [4.69, 9.17) is 4.98 Å². The third kappa shape index (κ3) is 2.51. The molecule has 4 nitrogen and oxygen atoms in total. The van der Waals surface area contributed by atoms with E-state index in [2.05, 4.69) is 24.0 Å². The van der Waals surface area contributed by atoms with Crippen LogP contribution in [0.4, 0.5) is 5.82 Å². The van der Waals surface area contributed by atoms with E-state index in [9.17, 15) is 4.79 Å². The van der Waals surface area contributed by atoms with Crippen LogP contribution < -0.4 is 4.90 Å². The molecule has 0 aliphatic carbocycles. The first kappa shape index (κ1) is 13.4. The van der Waals surface area contributed by atoms with Crippen LogP contribution in [0.25, 0.3) is 0 Å². The van der Waals surface area contributed by atoms with Gasteiger partial charge in [-0.1, -0.05) is 6.07 Å². The maximum Gasteiger partial charge on any atom is 0.210 e. The zero-order valence-electron chi connectivity index (χ0n) is 12.2. The van der Waals surface area contributed by atoms with Crippen molar-refractivity contribution in [3.05, 3.63) is 23.4 Å². The van der Waals surface area contributed by atoms with Gasteiger partial charge in [-0.05, 0) is 50.7 Å². The van der Waals surface area contributed by atoms with Crippen LogP contribution in [0.5, 0.6) is 0 Å². The second kappa shape index (κ2) is 5.81. The Morgan fingerprint density at radius 3 is 2.60 bits per heavy atom. The van der Waals surface area contributed by atoms with Crippen LogP contribution in [0.3, 0.4) is 0 Å². The Bertz CT molecular complexity index is 483. The van der Waals surface area contributed by atoms with Gasteiger partial charge in [-0.2, -0.15) is 0 Å². The number of likely N-dealkylation sites (tertiary alicyclic amines) is 1. The van der Waals surface area contributed by atoms with Crippen LogP contribution in [0.2, 0.25) is 0 Å². The molecule has 0 unspecified atom stereocenters. The predicted molar refractivity (Wildman–Crippen MR) is 79.8 cm³/mol. The van der Waals surface area contributed by atoms with E-state index in [-0.39, 0.29) is 6.04 Å². The molecule has 2 fully saturated rings. The van der Waals surface area contributed by atoms with Crippen LogP contribution in [-0.4, -0.2) is 35.9 Å². The quantitative estimate of drug-likeness (QED) is 0.794. The zero-order valence-corrected chi connectivity index (χ0v) is 12.2. The fraction of sp³-hybridized carbons (Fsp3) is 0.625. The molecule has 0 saturated carbocycles. The Labute approximate surface area is 120 Å². The van der Waals surface area contributed by atoms with Crippen LogP contribution in [0.15, 0.2) is 12.1 Å². The van der Waals surface area contributed by atoms with Gasteiger partial charge in [0.25, 0.3) is 0 Å². The van der Waals surface area contributed by atoms with E-state index in [0.29, 0.717) is 0 Å². The lowest BCUT2D eigenvalue weighted by atomic mass is 9.95. The molecular formula is C16H23N3O. The molecule has 1 atom stereocenters. The van der Waals surface area contributed by atoms with Crippen molar-refractivity contribution in [1.29, 1.82) is 0 Å². The minimum atomic E-state index is 0.223. The Hall–Kier alpha value is -1.58. The number of piperidine rings is 1. The predicted octanol–water partition coefficient (Wildman–Crippen LogP) is 2.67. The van der Waals surface area contributed by atoms with E-state index < -0.39 is 0 Å². The molecule has 1 aromatic rings. The summed E-state index contributed by atoms with van der Waals surface area (Å²) in [5.74, 6) is 1.09. The summed E-state index contributed by atoms with van der Waals surface area (Å²) >= 11 is 0. The Morgan fingerprint density at radius 1 is 1.15 bits per heavy atom. The molecule has 0 N–H and O–H groups in total. The van der Waals surface area contributed by atoms with Gasteiger partial charge in [-0.25, -0.2) is 4.98 Å². The molecule has 3 heterocycles. The van der Waals surface area contributed by atoms with Gasteiger partial charge >= 0.3 is 0 Å². The molecule has 2 saturated heterocycles. The molecule has 1 amide bonds. The number of hydrogen-bond acceptors (Lipinski definition) is 3. The summed E-state index contributed by atoms with van der Waals surface area (Å²) in [5, 5.41) is 0. The molecule has 0 aromatic carbocycles. The molecule has 2 aliphatic rings. The number of pyridine rings is 1. The van der Waals surface area contributed by atoms with Crippen molar-refractivity contribution in [2.75, 3.05) is 24.5 Å². The number of aromatic nitrogens is 1. The van der Waals surface area contributed by atoms with Gasteiger partial charge in [0.1, 0.15) is 5.82 Å². The van der Waals surface area contributed by atoms with Crippen molar-refractivity contribution in [3.8, 4) is 0 Å². The molecule has 0 radical (unpaired) electrons. The van der Waals surface area contributed by atoms with Crippen molar-refractivity contribution in [2.45, 2.75) is 45.1 Å². The third-order valence-corrected chi connectivity index (χ3v) is 4.58. The van der Waals surface area contributed by atoms with Crippen LogP contribution in [0, 0.1) is 6.92 Å². The number of nitrogens with zero attached hydrogens (tertiary/aromatic N) is 3. The summed E-state index contributed by atoms with van der Waals surface area (Å²) in [6.07, 6.45) is 6.91. The maximum atomic E-state index is 11.2. The largest absolute Gasteiger partial charge is 0.357 e. The average Bonchev–Trinajstić information content (AvgIpc) is 3.01. The molecule has 1 aromatic heterocycles. The number of hydrogen-bond donors (Lipinski definition) is 0. The van der Waals surface area contributed by atoms with E-state index >= 15 is 0 Å². The number of aryl methyl sites for hydroxylation is 1. The Morgan fingerprint density at radius 2 is 1.90 bits per heavy atom. The van der Waals surface area contributed by atoms with Gasteiger partial charge in [0.05, 0.1) is 6.04 Å². The van der Waals surface area contributed by atoms with Crippen molar-refractivity contribution >= 4 is 12.2 Å². The van der Waals surface area contributed by atoms with Crippen molar-refractivity contribution in [1.82, 2.24) is 9.88 Å². The number of carbonyl (C=O) groups excluding carboxylic acids is 1. The minimum Gasteiger partial charge on any atom is -0.357 e. The topological polar surface area (TPSA) is 36.4 Å². The number of amides is 1. The van der Waals surface area contributed by atoms with Crippen molar-refractivity contribution in [3.63, 3.8) is 0 Å². The van der Waals surface area contributed by atoms with E-state index in [1.54, 1.807) is 0 Å². The summed E-state index contributed by atoms with van der Waals surface area (Å²) in [6, 6.07) is 4.54. The highest BCUT2D eigenvalue weighted by Crippen LogP contribution is 2.32. The lowest BCUT2D eigenvalue weighted by Gasteiger charge is -2.33. The second-order valence-corrected chi connectivity index (χ2v) is 5.89. The van der Waals surface area contributed by atoms with Crippen molar-refractivity contribution < 1.29 is 4.79 Å². The molecule has 0 spiro atoms. The molecule has 4 heteroatoms. The fourth-order valence-corrected chi connectivity index (χ4v) is 3.45. The maximum absolute atomic E-state index is 11.2. The van der Waals surface area contributed by atoms with Crippen LogP contribution >= 0.6 is 0 Å². The molecule has 3 rings (SSSR count). The van der Waals surface area contributed by atoms with E-state index in [0.717, 1.165) is 50.4 Å². The lowest BCUT2D eigenvalue weighted by Crippen LogP contribution is -2.32. The van der Waals surface area contributed by atoms with Gasteiger partial charge in [-0.3, -0.25) is 4.79 Å². The summed E-state index contributed by atoms with van der Waals surface area (Å²) in [6.45, 7) is 5.19. The number of rotatable bonds is 3. The normalized spacial score (nSPS) is 23.1. The first-order valence-corrected chi connectivity index (χ1v) is 7.73. The fourth-order valence-electron chi connectivity index (χ4n) is 3.45. The van der Waals surface area contributed by atoms with Gasteiger partial charge < -0.3 is 9.80 Å². The SMILES string of the molecule is Cc1nc(N2CCCC2)ccc1[C@@H]1CCCCN1C=O. The monoisotopic (exact) mass is 273 g/mol. The second-order valence-electron chi connectivity index (χ2n) is 5.89. The third-order valence-electron chi connectivity index (χ3n) is 4.58. The minimum absolute atomic E-state index is 0.223. The van der Waals surface area contributed by atoms with Crippen LogP contribution in [-0.2, 0) is 4.79 Å². The van der Waals surface area contributed by atoms with Gasteiger partial charge in [0.2, 0.25) is 6.41 Å². The molecule has 20 heavy (non-hydrogen) atoms. The highest BCUT2D eigenvalue weighted by atomic mass is 16.1. The summed E-state index contributed by atoms with van der Waals surface area (Å²) < 4.78 is 0. The van der Waals surface area contributed by atoms with Gasteiger partial charge in [0, 0.05) is 25.3 Å². The highest BCUT2D eigenvalue weighted by Gasteiger charge is 2.25. The standard InChI is InChI=1S/C16H23N3O/c1-13-14(15-6-2-3-11-19(15)12-20)7-8-16(17-13)18-9-4-5-10-18/h7-8,12,15H,2-6,9-11H2,1H3/t15-/m0/s1. The van der Waals surface area contributed by atoms with E-state index in [1.165, 1.54) is 24.8 Å². The zero-order chi connectivity index (χ0) is 13.9. The molecule has 0 bridgehead atoms. The van der Waals surface area contributed by atoms with Crippen LogP contribution in [0.1, 0.15) is 49.4 Å².